The van der Waals surface area contributed by atoms with Crippen molar-refractivity contribution in [2.75, 3.05) is 10.8 Å². The van der Waals surface area contributed by atoms with Gasteiger partial charge < -0.3 is 10.2 Å². The first-order valence-corrected chi connectivity index (χ1v) is 17.0. The molecule has 7 nitrogen and oxygen atoms in total. The van der Waals surface area contributed by atoms with Crippen molar-refractivity contribution in [1.29, 1.82) is 0 Å². The first-order chi connectivity index (χ1) is 20.5. The number of anilines is 1. The Labute approximate surface area is 269 Å². The quantitative estimate of drug-likeness (QED) is 0.231. The topological polar surface area (TPSA) is 86.8 Å². The minimum absolute atomic E-state index is 0.00587. The summed E-state index contributed by atoms with van der Waals surface area (Å²) < 4.78 is 29.1. The summed E-state index contributed by atoms with van der Waals surface area (Å²) in [5, 5.41) is 4.31. The summed E-state index contributed by atoms with van der Waals surface area (Å²) in [7, 11) is -4.20. The van der Waals surface area contributed by atoms with E-state index in [-0.39, 0.29) is 23.4 Å². The fraction of sp³-hybridized carbons (Fsp3) is 0.375. The Morgan fingerprint density at radius 3 is 2.23 bits per heavy atom. The fourth-order valence-electron chi connectivity index (χ4n) is 5.34. The Morgan fingerprint density at radius 2 is 1.60 bits per heavy atom. The zero-order valence-electron chi connectivity index (χ0n) is 24.2. The predicted molar refractivity (Wildman–Crippen MR) is 173 cm³/mol. The second kappa shape index (κ2) is 14.8. The lowest BCUT2D eigenvalue weighted by Gasteiger charge is -2.34. The van der Waals surface area contributed by atoms with Gasteiger partial charge in [-0.2, -0.15) is 0 Å². The van der Waals surface area contributed by atoms with E-state index in [0.717, 1.165) is 42.0 Å². The number of benzene rings is 3. The van der Waals surface area contributed by atoms with Crippen molar-refractivity contribution in [3.63, 3.8) is 0 Å². The van der Waals surface area contributed by atoms with Gasteiger partial charge in [-0.15, -0.1) is 0 Å². The van der Waals surface area contributed by atoms with E-state index in [1.54, 1.807) is 36.4 Å². The normalized spacial score (nSPS) is 14.6. The summed E-state index contributed by atoms with van der Waals surface area (Å²) >= 11 is 18.7. The molecule has 0 aromatic heterocycles. The van der Waals surface area contributed by atoms with Crippen molar-refractivity contribution in [3.8, 4) is 0 Å². The van der Waals surface area contributed by atoms with Crippen LogP contribution in [0.25, 0.3) is 0 Å². The first-order valence-electron chi connectivity index (χ1n) is 14.4. The van der Waals surface area contributed by atoms with Crippen LogP contribution in [0.15, 0.2) is 71.6 Å². The molecule has 1 fully saturated rings. The van der Waals surface area contributed by atoms with Crippen molar-refractivity contribution < 1.29 is 18.0 Å². The molecule has 0 spiro atoms. The molecule has 3 aromatic rings. The summed E-state index contributed by atoms with van der Waals surface area (Å²) in [6.07, 6.45) is 5.32. The van der Waals surface area contributed by atoms with Crippen molar-refractivity contribution in [3.05, 3.63) is 92.9 Å². The highest BCUT2D eigenvalue weighted by atomic mass is 35.5. The Bertz CT molecular complexity index is 1540. The molecule has 0 radical (unpaired) electrons. The van der Waals surface area contributed by atoms with Gasteiger partial charge in [-0.1, -0.05) is 79.2 Å². The van der Waals surface area contributed by atoms with E-state index in [4.69, 9.17) is 34.8 Å². The molecule has 0 aliphatic heterocycles. The molecule has 1 saturated carbocycles. The average Bonchev–Trinajstić information content (AvgIpc) is 2.97. The number of nitrogens with zero attached hydrogens (tertiary/aromatic N) is 2. The molecule has 11 heteroatoms. The van der Waals surface area contributed by atoms with Crippen LogP contribution in [-0.2, 0) is 26.2 Å². The molecule has 1 aliphatic rings. The summed E-state index contributed by atoms with van der Waals surface area (Å²) in [5.74, 6) is -0.814. The van der Waals surface area contributed by atoms with Crippen LogP contribution in [0.4, 0.5) is 5.69 Å². The number of carbonyl (C=O) groups excluding carboxylic acids is 2. The van der Waals surface area contributed by atoms with Crippen LogP contribution in [0.1, 0.15) is 56.6 Å². The van der Waals surface area contributed by atoms with Crippen LogP contribution in [0, 0.1) is 6.92 Å². The Morgan fingerprint density at radius 1 is 0.930 bits per heavy atom. The zero-order chi connectivity index (χ0) is 31.1. The lowest BCUT2D eigenvalue weighted by Crippen LogP contribution is -2.54. The van der Waals surface area contributed by atoms with Gasteiger partial charge in [0.2, 0.25) is 11.8 Å². The van der Waals surface area contributed by atoms with Gasteiger partial charge in [0.15, 0.2) is 0 Å². The first kappa shape index (κ1) is 33.1. The SMILES string of the molecule is CC[C@@H](C(=O)NC1CCCCC1)N(Cc1ccc(Cl)cc1Cl)C(=O)CN(c1cccc(C)c1)S(=O)(=O)c1ccc(Cl)cc1. The third kappa shape index (κ3) is 8.44. The van der Waals surface area contributed by atoms with Gasteiger partial charge in [-0.25, -0.2) is 8.42 Å². The van der Waals surface area contributed by atoms with Gasteiger partial charge in [-0.05, 0) is 85.8 Å². The number of rotatable bonds is 11. The molecule has 1 atom stereocenters. The van der Waals surface area contributed by atoms with Crippen molar-refractivity contribution in [1.82, 2.24) is 10.2 Å². The molecular weight excluding hydrogens is 629 g/mol. The number of sulfonamides is 1. The van der Waals surface area contributed by atoms with E-state index in [0.29, 0.717) is 32.7 Å². The molecule has 1 N–H and O–H groups in total. The highest BCUT2D eigenvalue weighted by molar-refractivity contribution is 7.92. The van der Waals surface area contributed by atoms with Crippen LogP contribution in [-0.4, -0.2) is 43.8 Å². The van der Waals surface area contributed by atoms with Gasteiger partial charge >= 0.3 is 0 Å². The van der Waals surface area contributed by atoms with Crippen molar-refractivity contribution in [2.45, 2.75) is 75.9 Å². The summed E-state index contributed by atoms with van der Waals surface area (Å²) in [5.41, 5.74) is 1.74. The van der Waals surface area contributed by atoms with E-state index in [2.05, 4.69) is 5.32 Å². The average molecular weight is 665 g/mol. The van der Waals surface area contributed by atoms with Gasteiger partial charge in [0.1, 0.15) is 12.6 Å². The molecule has 3 aromatic carbocycles. The molecule has 230 valence electrons. The maximum Gasteiger partial charge on any atom is 0.264 e. The lowest BCUT2D eigenvalue weighted by atomic mass is 9.95. The van der Waals surface area contributed by atoms with Crippen molar-refractivity contribution in [2.24, 2.45) is 0 Å². The largest absolute Gasteiger partial charge is 0.352 e. The molecule has 0 unspecified atom stereocenters. The van der Waals surface area contributed by atoms with Gasteiger partial charge in [-0.3, -0.25) is 13.9 Å². The molecule has 4 rings (SSSR count). The molecule has 1 aliphatic carbocycles. The molecule has 2 amide bonds. The van der Waals surface area contributed by atoms with E-state index in [9.17, 15) is 18.0 Å². The molecule has 0 heterocycles. The Kier molecular flexibility index (Phi) is 11.4. The second-order valence-corrected chi connectivity index (χ2v) is 14.0. The molecule has 43 heavy (non-hydrogen) atoms. The van der Waals surface area contributed by atoms with Crippen LogP contribution in [0.5, 0.6) is 0 Å². The minimum Gasteiger partial charge on any atom is -0.352 e. The third-order valence-electron chi connectivity index (χ3n) is 7.66. The lowest BCUT2D eigenvalue weighted by molar-refractivity contribution is -0.140. The third-order valence-corrected chi connectivity index (χ3v) is 10.3. The molecule has 0 saturated heterocycles. The Balaban J connectivity index is 1.73. The van der Waals surface area contributed by atoms with Crippen LogP contribution < -0.4 is 9.62 Å². The number of hydrogen-bond acceptors (Lipinski definition) is 4. The van der Waals surface area contributed by atoms with E-state index < -0.39 is 28.5 Å². The minimum atomic E-state index is -4.20. The van der Waals surface area contributed by atoms with E-state index >= 15 is 0 Å². The van der Waals surface area contributed by atoms with Gasteiger partial charge in [0.05, 0.1) is 10.6 Å². The maximum atomic E-state index is 14.3. The highest BCUT2D eigenvalue weighted by Crippen LogP contribution is 2.28. The number of halogens is 3. The molecular formula is C32H36Cl3N3O4S. The van der Waals surface area contributed by atoms with E-state index in [1.807, 2.05) is 19.9 Å². The zero-order valence-corrected chi connectivity index (χ0v) is 27.3. The fourth-order valence-corrected chi connectivity index (χ4v) is 7.34. The van der Waals surface area contributed by atoms with Gasteiger partial charge in [0, 0.05) is 27.7 Å². The summed E-state index contributed by atoms with van der Waals surface area (Å²) in [6, 6.07) is 16.9. The van der Waals surface area contributed by atoms with E-state index in [1.165, 1.54) is 29.2 Å². The van der Waals surface area contributed by atoms with Crippen LogP contribution in [0.3, 0.4) is 0 Å². The van der Waals surface area contributed by atoms with Crippen LogP contribution >= 0.6 is 34.8 Å². The van der Waals surface area contributed by atoms with Crippen LogP contribution in [0.2, 0.25) is 15.1 Å². The molecule has 0 bridgehead atoms. The van der Waals surface area contributed by atoms with Crippen molar-refractivity contribution >= 4 is 62.3 Å². The smallest absolute Gasteiger partial charge is 0.264 e. The predicted octanol–water partition coefficient (Wildman–Crippen LogP) is 7.41. The second-order valence-electron chi connectivity index (χ2n) is 10.8. The maximum absolute atomic E-state index is 14.3. The number of nitrogens with one attached hydrogen (secondary N) is 1. The summed E-state index contributed by atoms with van der Waals surface area (Å²) in [6.45, 7) is 3.13. The number of amides is 2. The number of hydrogen-bond donors (Lipinski definition) is 1. The standard InChI is InChI=1S/C32H36Cl3N3O4S/c1-3-30(32(40)36-26-9-5-4-6-10-26)37(20-23-12-13-25(34)19-29(23)35)31(39)21-38(27-11-7-8-22(2)18-27)43(41,42)28-16-14-24(33)15-17-28/h7-8,11-19,26,30H,3-6,9-10,20-21H2,1-2H3,(H,36,40)/t30-/m0/s1. The monoisotopic (exact) mass is 663 g/mol. The highest BCUT2D eigenvalue weighted by Gasteiger charge is 2.34. The number of carbonyl (C=O) groups is 2. The number of aryl methyl sites for hydroxylation is 1. The van der Waals surface area contributed by atoms with Gasteiger partial charge in [0.25, 0.3) is 10.0 Å². The summed E-state index contributed by atoms with van der Waals surface area (Å²) in [4.78, 5) is 29.3. The Hall–Kier alpha value is -2.78.